The number of nitrogens with zero attached hydrogens (tertiary/aromatic N) is 1. The maximum absolute atomic E-state index is 13.2. The van der Waals surface area contributed by atoms with Gasteiger partial charge in [0.05, 0.1) is 38.1 Å². The van der Waals surface area contributed by atoms with Gasteiger partial charge < -0.3 is 28.4 Å². The van der Waals surface area contributed by atoms with Gasteiger partial charge in [0.2, 0.25) is 0 Å². The fraction of sp³-hybridized carbons (Fsp3) is 0.418. The number of esters is 4. The average molecular weight is 1060 g/mol. The second-order valence-electron chi connectivity index (χ2n) is 20.8. The highest BCUT2D eigenvalue weighted by Gasteiger charge is 2.26. The van der Waals surface area contributed by atoms with Gasteiger partial charge in [-0.3, -0.25) is 9.59 Å². The molecule has 5 aromatic rings. The van der Waals surface area contributed by atoms with Crippen molar-refractivity contribution >= 4 is 23.9 Å². The van der Waals surface area contributed by atoms with E-state index >= 15 is 0 Å². The summed E-state index contributed by atoms with van der Waals surface area (Å²) >= 11 is 0. The van der Waals surface area contributed by atoms with Crippen molar-refractivity contribution in [2.75, 3.05) is 26.4 Å². The van der Waals surface area contributed by atoms with Crippen LogP contribution in [-0.4, -0.2) is 50.3 Å². The van der Waals surface area contributed by atoms with Gasteiger partial charge in [-0.15, -0.1) is 0 Å². The highest BCUT2D eigenvalue weighted by molar-refractivity contribution is 5.81. The summed E-state index contributed by atoms with van der Waals surface area (Å²) in [7, 11) is 0. The highest BCUT2D eigenvalue weighted by atomic mass is 16.6. The molecule has 0 radical (unpaired) electrons. The first kappa shape index (κ1) is 58.2. The van der Waals surface area contributed by atoms with Crippen LogP contribution in [0, 0.1) is 23.2 Å². The molecule has 2 aliphatic rings. The highest BCUT2D eigenvalue weighted by Crippen LogP contribution is 2.40. The predicted octanol–water partition coefficient (Wildman–Crippen LogP) is 15.5. The lowest BCUT2D eigenvalue weighted by Gasteiger charge is -2.29. The number of hydrogen-bond acceptors (Lipinski definition) is 11. The summed E-state index contributed by atoms with van der Waals surface area (Å²) in [5.41, 5.74) is 7.62. The molecule has 0 aromatic heterocycles. The Morgan fingerprint density at radius 3 is 1.22 bits per heavy atom. The summed E-state index contributed by atoms with van der Waals surface area (Å²) in [5, 5.41) is 9.61. The van der Waals surface area contributed by atoms with E-state index in [2.05, 4.69) is 92.0 Å². The molecule has 7 rings (SSSR count). The first-order valence-electron chi connectivity index (χ1n) is 28.4. The van der Waals surface area contributed by atoms with Crippen LogP contribution >= 0.6 is 0 Å². The van der Waals surface area contributed by atoms with Gasteiger partial charge in [0.15, 0.2) is 11.5 Å². The largest absolute Gasteiger partial charge is 0.494 e. The first-order chi connectivity index (χ1) is 38.2. The van der Waals surface area contributed by atoms with E-state index in [0.29, 0.717) is 62.1 Å². The Hall–Kier alpha value is -7.45. The Morgan fingerprint density at radius 2 is 0.833 bits per heavy atom. The number of carbonyl (C=O) groups is 4. The van der Waals surface area contributed by atoms with E-state index in [1.165, 1.54) is 34.9 Å². The van der Waals surface area contributed by atoms with Crippen molar-refractivity contribution in [2.45, 2.75) is 140 Å². The normalized spacial score (nSPS) is 16.9. The van der Waals surface area contributed by atoms with Crippen molar-refractivity contribution in [3.05, 3.63) is 157 Å². The molecule has 0 aliphatic heterocycles. The number of hydrogen-bond donors (Lipinski definition) is 0. The summed E-state index contributed by atoms with van der Waals surface area (Å²) in [4.78, 5) is 48.7. The number of unbranched alkanes of at least 4 members (excludes halogenated alkanes) is 6. The van der Waals surface area contributed by atoms with Crippen LogP contribution in [0.2, 0.25) is 0 Å². The Bertz CT molecular complexity index is 2730. The van der Waals surface area contributed by atoms with Crippen molar-refractivity contribution in [3.63, 3.8) is 0 Å². The lowest BCUT2D eigenvalue weighted by Crippen LogP contribution is -2.17. The molecule has 0 N–H and O–H groups in total. The van der Waals surface area contributed by atoms with E-state index in [1.54, 1.807) is 12.1 Å². The van der Waals surface area contributed by atoms with Crippen LogP contribution in [0.15, 0.2) is 141 Å². The van der Waals surface area contributed by atoms with Crippen molar-refractivity contribution in [1.29, 1.82) is 5.26 Å². The van der Waals surface area contributed by atoms with E-state index in [-0.39, 0.29) is 42.2 Å². The molecule has 0 atom stereocenters. The molecular weight excluding hydrogens is 979 g/mol. The number of rotatable bonds is 30. The van der Waals surface area contributed by atoms with Gasteiger partial charge in [-0.05, 0) is 209 Å². The number of nitriles is 1. The molecule has 5 aromatic carbocycles. The molecule has 0 saturated heterocycles. The Balaban J connectivity index is 0.760. The molecule has 11 nitrogen and oxygen atoms in total. The van der Waals surface area contributed by atoms with Gasteiger partial charge >= 0.3 is 23.9 Å². The van der Waals surface area contributed by atoms with Crippen molar-refractivity contribution in [3.8, 4) is 51.3 Å². The van der Waals surface area contributed by atoms with E-state index in [9.17, 15) is 24.4 Å². The summed E-state index contributed by atoms with van der Waals surface area (Å²) in [6.45, 7) is 8.96. The third-order valence-corrected chi connectivity index (χ3v) is 15.3. The minimum absolute atomic E-state index is 0.105. The Labute approximate surface area is 461 Å². The van der Waals surface area contributed by atoms with Crippen LogP contribution in [0.4, 0.5) is 0 Å². The molecular formula is C67H77NO10. The second-order valence-corrected chi connectivity index (χ2v) is 20.8. The Morgan fingerprint density at radius 1 is 0.462 bits per heavy atom. The minimum Gasteiger partial charge on any atom is -0.494 e. The SMILES string of the molecule is C=CC(=O)OCCCCCCOc1ccc(-c2ccc(C3CCC(CCC(=O)Oc4ccc(C#N)cc4OC(=O)CCC4CCC(c5ccc(-c6ccc(OCCCCCCOC(=O)C=C)cc6)cc5)CC4)CC3)cc2)cc1. The first-order valence-corrected chi connectivity index (χ1v) is 28.4. The fourth-order valence-electron chi connectivity index (χ4n) is 10.6. The van der Waals surface area contributed by atoms with Crippen molar-refractivity contribution < 1.29 is 47.6 Å². The molecule has 2 fully saturated rings. The average Bonchev–Trinajstić information content (AvgIpc) is 3.51. The topological polar surface area (TPSA) is 147 Å². The maximum atomic E-state index is 13.2. The zero-order chi connectivity index (χ0) is 54.7. The molecule has 2 saturated carbocycles. The quantitative estimate of drug-likeness (QED) is 0.0187. The van der Waals surface area contributed by atoms with Gasteiger partial charge in [-0.1, -0.05) is 86.0 Å². The minimum atomic E-state index is -0.397. The zero-order valence-electron chi connectivity index (χ0n) is 45.3. The molecule has 0 spiro atoms. The van der Waals surface area contributed by atoms with Crippen molar-refractivity contribution in [1.82, 2.24) is 0 Å². The summed E-state index contributed by atoms with van der Waals surface area (Å²) in [6.07, 6.45) is 20.3. The van der Waals surface area contributed by atoms with Gasteiger partial charge in [0.1, 0.15) is 11.5 Å². The number of carbonyl (C=O) groups excluding carboxylic acids is 4. The van der Waals surface area contributed by atoms with Crippen LogP contribution in [0.25, 0.3) is 22.3 Å². The van der Waals surface area contributed by atoms with Crippen LogP contribution in [0.1, 0.15) is 157 Å². The van der Waals surface area contributed by atoms with E-state index in [1.807, 2.05) is 24.3 Å². The summed E-state index contributed by atoms with van der Waals surface area (Å²) in [6, 6.07) is 40.9. The van der Waals surface area contributed by atoms with Crippen LogP contribution in [0.5, 0.6) is 23.0 Å². The van der Waals surface area contributed by atoms with Gasteiger partial charge in [0, 0.05) is 31.1 Å². The maximum Gasteiger partial charge on any atom is 0.330 e. The molecule has 0 unspecified atom stereocenters. The van der Waals surface area contributed by atoms with Gasteiger partial charge in [-0.25, -0.2) is 9.59 Å². The molecule has 0 bridgehead atoms. The fourth-order valence-corrected chi connectivity index (χ4v) is 10.6. The molecule has 410 valence electrons. The van der Waals surface area contributed by atoms with E-state index in [0.717, 1.165) is 137 Å². The lowest BCUT2D eigenvalue weighted by atomic mass is 9.77. The van der Waals surface area contributed by atoms with E-state index in [4.69, 9.17) is 28.4 Å². The molecule has 78 heavy (non-hydrogen) atoms. The zero-order valence-corrected chi connectivity index (χ0v) is 45.3. The third kappa shape index (κ3) is 19.2. The second kappa shape index (κ2) is 31.7. The Kier molecular flexibility index (Phi) is 23.7. The molecule has 0 heterocycles. The van der Waals surface area contributed by atoms with Gasteiger partial charge in [-0.2, -0.15) is 5.26 Å². The standard InChI is InChI=1S/C67H77NO10/c1-3-64(69)75-45-11-7-5-9-43-73-60-36-32-58(33-37-60)56-28-24-54(25-29-56)52-20-13-49(14-21-52)18-41-66(71)77-62-40-17-51(48-68)47-63(62)78-67(72)42-19-50-15-22-53(23-16-50)55-26-30-57(31-27-55)59-34-38-61(39-35-59)74-44-10-6-8-12-46-76-65(70)4-2/h3-4,17,24-40,47,49-50,52-53H,1-2,5-16,18-23,41-46H2. The third-order valence-electron chi connectivity index (χ3n) is 15.3. The van der Waals surface area contributed by atoms with E-state index < -0.39 is 5.97 Å². The molecule has 11 heteroatoms. The predicted molar refractivity (Wildman–Crippen MR) is 304 cm³/mol. The lowest BCUT2D eigenvalue weighted by molar-refractivity contribution is -0.138. The molecule has 0 amide bonds. The summed E-state index contributed by atoms with van der Waals surface area (Å²) < 4.78 is 33.5. The smallest absolute Gasteiger partial charge is 0.330 e. The molecule has 2 aliphatic carbocycles. The van der Waals surface area contributed by atoms with Crippen LogP contribution in [0.3, 0.4) is 0 Å². The van der Waals surface area contributed by atoms with Crippen LogP contribution < -0.4 is 18.9 Å². The summed E-state index contributed by atoms with van der Waals surface area (Å²) in [5.74, 6) is 2.25. The number of ether oxygens (including phenoxy) is 6. The monoisotopic (exact) mass is 1060 g/mol. The number of benzene rings is 5. The van der Waals surface area contributed by atoms with Gasteiger partial charge in [0.25, 0.3) is 0 Å². The van der Waals surface area contributed by atoms with Crippen molar-refractivity contribution in [2.24, 2.45) is 11.8 Å². The van der Waals surface area contributed by atoms with Crippen LogP contribution in [-0.2, 0) is 28.7 Å².